The quantitative estimate of drug-likeness (QED) is 0.206. The van der Waals surface area contributed by atoms with Gasteiger partial charge in [-0.25, -0.2) is 0 Å². The molecule has 0 saturated heterocycles. The zero-order chi connectivity index (χ0) is 31.6. The van der Waals surface area contributed by atoms with Crippen molar-refractivity contribution in [2.75, 3.05) is 5.32 Å². The van der Waals surface area contributed by atoms with Crippen molar-refractivity contribution in [2.24, 2.45) is 0 Å². The van der Waals surface area contributed by atoms with Gasteiger partial charge in [-0.05, 0) is 76.3 Å². The second-order valence-corrected chi connectivity index (χ2v) is 12.6. The highest BCUT2D eigenvalue weighted by molar-refractivity contribution is 6.27. The van der Waals surface area contributed by atoms with Crippen LogP contribution in [-0.4, -0.2) is 4.57 Å². The maximum atomic E-state index is 6.38. The number of para-hydroxylation sites is 3. The summed E-state index contributed by atoms with van der Waals surface area (Å²) in [6, 6.07) is 58.5. The Morgan fingerprint density at radius 1 is 0.500 bits per heavy atom. The summed E-state index contributed by atoms with van der Waals surface area (Å²) in [6.45, 7) is 0. The number of nitrogens with one attached hydrogen (secondary N) is 2. The molecule has 0 fully saturated rings. The lowest BCUT2D eigenvalue weighted by Gasteiger charge is -2.35. The highest BCUT2D eigenvalue weighted by atomic mass is 16.3. The molecule has 228 valence electrons. The van der Waals surface area contributed by atoms with E-state index in [0.717, 1.165) is 33.3 Å². The fraction of sp³-hybridized carbons (Fsp3) is 0.0455. The number of hydrogen-bond acceptors (Lipinski definition) is 3. The van der Waals surface area contributed by atoms with Gasteiger partial charge < -0.3 is 14.3 Å². The van der Waals surface area contributed by atoms with Gasteiger partial charge in [-0.3, -0.25) is 5.32 Å². The van der Waals surface area contributed by atoms with Crippen molar-refractivity contribution in [3.63, 3.8) is 0 Å². The van der Waals surface area contributed by atoms with E-state index in [1.54, 1.807) is 0 Å². The zero-order valence-corrected chi connectivity index (χ0v) is 26.1. The molecule has 3 heterocycles. The summed E-state index contributed by atoms with van der Waals surface area (Å²) < 4.78 is 8.75. The minimum atomic E-state index is -0.0986. The van der Waals surface area contributed by atoms with E-state index in [1.807, 2.05) is 6.07 Å². The Bertz CT molecular complexity index is 2620. The van der Waals surface area contributed by atoms with Crippen LogP contribution in [0.4, 0.5) is 5.69 Å². The lowest BCUT2D eigenvalue weighted by atomic mass is 9.92. The summed E-state index contributed by atoms with van der Waals surface area (Å²) >= 11 is 0. The number of hydrogen-bond donors (Lipinski definition) is 2. The molecule has 0 amide bonds. The number of furan rings is 1. The van der Waals surface area contributed by atoms with E-state index in [0.29, 0.717) is 0 Å². The smallest absolute Gasteiger partial charge is 0.136 e. The van der Waals surface area contributed by atoms with Crippen LogP contribution in [0.1, 0.15) is 28.9 Å². The first-order chi connectivity index (χ1) is 23.8. The normalized spacial score (nSPS) is 16.0. The maximum Gasteiger partial charge on any atom is 0.136 e. The Morgan fingerprint density at radius 3 is 2.04 bits per heavy atom. The van der Waals surface area contributed by atoms with Crippen LogP contribution >= 0.6 is 0 Å². The first-order valence-corrected chi connectivity index (χ1v) is 16.5. The molecule has 0 aliphatic carbocycles. The van der Waals surface area contributed by atoms with E-state index in [4.69, 9.17) is 4.42 Å². The molecule has 7 aromatic carbocycles. The predicted octanol–water partition coefficient (Wildman–Crippen LogP) is 11.2. The maximum absolute atomic E-state index is 6.38. The Balaban J connectivity index is 1.14. The third kappa shape index (κ3) is 4.20. The largest absolute Gasteiger partial charge is 0.456 e. The van der Waals surface area contributed by atoms with Gasteiger partial charge in [0.15, 0.2) is 0 Å². The number of anilines is 1. The Hall–Kier alpha value is -6.10. The minimum Gasteiger partial charge on any atom is -0.456 e. The summed E-state index contributed by atoms with van der Waals surface area (Å²) in [5.74, 6) is 0. The van der Waals surface area contributed by atoms with Crippen LogP contribution in [0.15, 0.2) is 168 Å². The highest BCUT2D eigenvalue weighted by Crippen LogP contribution is 2.43. The number of aromatic nitrogens is 1. The van der Waals surface area contributed by atoms with Crippen LogP contribution in [0, 0.1) is 0 Å². The first-order valence-electron chi connectivity index (χ1n) is 16.5. The number of rotatable bonds is 4. The molecule has 0 radical (unpaired) electrons. The molecule has 2 aromatic heterocycles. The third-order valence-electron chi connectivity index (χ3n) is 9.90. The van der Waals surface area contributed by atoms with E-state index >= 15 is 0 Å². The van der Waals surface area contributed by atoms with Crippen molar-refractivity contribution < 1.29 is 4.42 Å². The highest BCUT2D eigenvalue weighted by Gasteiger charge is 2.28. The van der Waals surface area contributed by atoms with Crippen molar-refractivity contribution in [3.05, 3.63) is 180 Å². The summed E-state index contributed by atoms with van der Waals surface area (Å²) in [4.78, 5) is 0. The van der Waals surface area contributed by atoms with Gasteiger partial charge >= 0.3 is 0 Å². The molecule has 0 bridgehead atoms. The van der Waals surface area contributed by atoms with E-state index in [-0.39, 0.29) is 12.2 Å². The molecule has 48 heavy (non-hydrogen) atoms. The molecule has 10 rings (SSSR count). The number of fused-ring (bicyclic) bond motifs is 8. The molecule has 0 saturated carbocycles. The molecular formula is C44H31N3O. The van der Waals surface area contributed by atoms with Crippen molar-refractivity contribution >= 4 is 49.4 Å². The SMILES string of the molecule is c1ccc(-c2ccc(C3NC(c4ccc5c(c4)c4c6c(ccc4n5-c4ccccc4)oc4ccccc46)Nc4ccccc43)cc2)cc1. The van der Waals surface area contributed by atoms with E-state index in [1.165, 1.54) is 49.6 Å². The van der Waals surface area contributed by atoms with Crippen LogP contribution in [0.2, 0.25) is 0 Å². The molecule has 0 spiro atoms. The Labute approximate surface area is 277 Å². The molecule has 1 aliphatic heterocycles. The van der Waals surface area contributed by atoms with E-state index in [2.05, 4.69) is 173 Å². The Morgan fingerprint density at radius 2 is 1.19 bits per heavy atom. The van der Waals surface area contributed by atoms with Crippen LogP contribution < -0.4 is 10.6 Å². The lowest BCUT2D eigenvalue weighted by molar-refractivity contribution is 0.506. The molecule has 1 aliphatic rings. The van der Waals surface area contributed by atoms with Crippen LogP contribution in [0.5, 0.6) is 0 Å². The molecule has 9 aromatic rings. The van der Waals surface area contributed by atoms with Crippen LogP contribution in [0.25, 0.3) is 60.6 Å². The summed E-state index contributed by atoms with van der Waals surface area (Å²) in [5, 5.41) is 12.5. The lowest BCUT2D eigenvalue weighted by Crippen LogP contribution is -2.37. The van der Waals surface area contributed by atoms with Gasteiger partial charge in [-0.1, -0.05) is 115 Å². The molecule has 4 nitrogen and oxygen atoms in total. The summed E-state index contributed by atoms with van der Waals surface area (Å²) in [5.41, 5.74) is 12.5. The summed E-state index contributed by atoms with van der Waals surface area (Å²) in [6.07, 6.45) is -0.0986. The van der Waals surface area contributed by atoms with Crippen molar-refractivity contribution in [1.82, 2.24) is 9.88 Å². The minimum absolute atomic E-state index is 0.0307. The van der Waals surface area contributed by atoms with Gasteiger partial charge in [0.1, 0.15) is 17.3 Å². The average Bonchev–Trinajstić information content (AvgIpc) is 3.70. The van der Waals surface area contributed by atoms with Gasteiger partial charge in [0.05, 0.1) is 17.1 Å². The fourth-order valence-corrected chi connectivity index (χ4v) is 7.67. The average molecular weight is 618 g/mol. The van der Waals surface area contributed by atoms with Gasteiger partial charge in [0.25, 0.3) is 0 Å². The van der Waals surface area contributed by atoms with E-state index in [9.17, 15) is 0 Å². The van der Waals surface area contributed by atoms with Crippen molar-refractivity contribution in [2.45, 2.75) is 12.2 Å². The second-order valence-electron chi connectivity index (χ2n) is 12.6. The molecule has 2 unspecified atom stereocenters. The van der Waals surface area contributed by atoms with Crippen molar-refractivity contribution in [3.8, 4) is 16.8 Å². The van der Waals surface area contributed by atoms with Gasteiger partial charge in [-0.2, -0.15) is 0 Å². The topological polar surface area (TPSA) is 42.1 Å². The molecule has 2 atom stereocenters. The second kappa shape index (κ2) is 10.7. The molecule has 4 heteroatoms. The number of benzene rings is 7. The van der Waals surface area contributed by atoms with Gasteiger partial charge in [0.2, 0.25) is 0 Å². The van der Waals surface area contributed by atoms with Gasteiger partial charge in [0, 0.05) is 32.9 Å². The number of nitrogens with zero attached hydrogens (tertiary/aromatic N) is 1. The van der Waals surface area contributed by atoms with Gasteiger partial charge in [-0.15, -0.1) is 0 Å². The van der Waals surface area contributed by atoms with Crippen molar-refractivity contribution in [1.29, 1.82) is 0 Å². The molecular weight excluding hydrogens is 587 g/mol. The van der Waals surface area contributed by atoms with Crippen LogP contribution in [0.3, 0.4) is 0 Å². The predicted molar refractivity (Wildman–Crippen MR) is 198 cm³/mol. The first kappa shape index (κ1) is 27.1. The standard InChI is InChI=1S/C44H31N3O/c1-3-11-28(12-4-1)29-19-21-30(22-20-29)43-33-15-7-9-17-36(33)45-44(46-43)31-23-24-37-35(27-31)41-38(47(37)32-13-5-2-6-14-32)25-26-40-42(41)34-16-8-10-18-39(34)48-40/h1-27,43-46H. The monoisotopic (exact) mass is 617 g/mol. The summed E-state index contributed by atoms with van der Waals surface area (Å²) in [7, 11) is 0. The zero-order valence-electron chi connectivity index (χ0n) is 26.1. The van der Waals surface area contributed by atoms with E-state index < -0.39 is 0 Å². The Kier molecular flexibility index (Phi) is 6.05. The third-order valence-corrected chi connectivity index (χ3v) is 9.90. The fourth-order valence-electron chi connectivity index (χ4n) is 7.67. The molecule has 2 N–H and O–H groups in total. The van der Waals surface area contributed by atoms with Crippen LogP contribution in [-0.2, 0) is 0 Å².